The topological polar surface area (TPSA) is 114 Å². The van der Waals surface area contributed by atoms with Crippen molar-refractivity contribution in [2.45, 2.75) is 25.6 Å². The third-order valence-electron chi connectivity index (χ3n) is 6.01. The minimum Gasteiger partial charge on any atom is -0.449 e. The molecule has 3 amide bonds. The van der Waals surface area contributed by atoms with E-state index in [2.05, 4.69) is 5.32 Å². The zero-order valence-electron chi connectivity index (χ0n) is 20.4. The number of hydrogen-bond donors (Lipinski definition) is 1. The zero-order valence-corrected chi connectivity index (χ0v) is 21.1. The van der Waals surface area contributed by atoms with E-state index >= 15 is 0 Å². The molecule has 196 valence electrons. The van der Waals surface area contributed by atoms with E-state index in [0.29, 0.717) is 36.0 Å². The highest BCUT2D eigenvalue weighted by Crippen LogP contribution is 2.27. The highest BCUT2D eigenvalue weighted by Gasteiger charge is 2.42. The Morgan fingerprint density at radius 3 is 2.49 bits per heavy atom. The van der Waals surface area contributed by atoms with Gasteiger partial charge in [0.1, 0.15) is 6.61 Å². The molecule has 2 aromatic rings. The van der Waals surface area contributed by atoms with Gasteiger partial charge in [-0.15, -0.1) is 0 Å². The number of ether oxygens (including phenoxy) is 3. The molecule has 0 radical (unpaired) electrons. The van der Waals surface area contributed by atoms with Gasteiger partial charge < -0.3 is 29.3 Å². The maximum atomic E-state index is 13.4. The molecule has 2 atom stereocenters. The average Bonchev–Trinajstić information content (AvgIpc) is 2.89. The molecule has 4 rings (SSSR count). The molecule has 0 saturated carbocycles. The first-order valence-electron chi connectivity index (χ1n) is 11.9. The Morgan fingerprint density at radius 1 is 1.08 bits per heavy atom. The smallest absolute Gasteiger partial charge is 0.303 e. The number of amides is 3. The van der Waals surface area contributed by atoms with E-state index in [-0.39, 0.29) is 32.2 Å². The van der Waals surface area contributed by atoms with Crippen molar-refractivity contribution >= 4 is 46.7 Å². The van der Waals surface area contributed by atoms with Crippen molar-refractivity contribution in [1.82, 2.24) is 5.32 Å². The zero-order chi connectivity index (χ0) is 26.4. The highest BCUT2D eigenvalue weighted by atomic mass is 35.5. The summed E-state index contributed by atoms with van der Waals surface area (Å²) in [5, 5.41) is 3.34. The molecule has 2 fully saturated rings. The first kappa shape index (κ1) is 26.6. The van der Waals surface area contributed by atoms with Crippen molar-refractivity contribution in [3.8, 4) is 0 Å². The van der Waals surface area contributed by atoms with Gasteiger partial charge in [0.25, 0.3) is 17.7 Å². The van der Waals surface area contributed by atoms with Crippen LogP contribution in [0, 0.1) is 0 Å². The quantitative estimate of drug-likeness (QED) is 0.518. The van der Waals surface area contributed by atoms with E-state index in [0.717, 1.165) is 5.56 Å². The predicted octanol–water partition coefficient (Wildman–Crippen LogP) is 1.73. The molecule has 11 heteroatoms. The van der Waals surface area contributed by atoms with Crippen LogP contribution in [-0.4, -0.2) is 75.4 Å². The fraction of sp³-hybridized carbons (Fsp3) is 0.385. The SMILES string of the molecule is CC(=O)OC(C(=O)NCCc1ccc(Cl)cc1)C1OCCN(c2cccc(N3CCOCC3=O)c2)C1=O. The monoisotopic (exact) mass is 529 g/mol. The van der Waals surface area contributed by atoms with Crippen LogP contribution in [0.25, 0.3) is 0 Å². The van der Waals surface area contributed by atoms with Crippen molar-refractivity contribution in [2.24, 2.45) is 0 Å². The Balaban J connectivity index is 1.46. The largest absolute Gasteiger partial charge is 0.449 e. The van der Waals surface area contributed by atoms with Crippen LogP contribution in [0.1, 0.15) is 12.5 Å². The lowest BCUT2D eigenvalue weighted by molar-refractivity contribution is -0.169. The number of halogens is 1. The van der Waals surface area contributed by atoms with Crippen LogP contribution in [0.15, 0.2) is 48.5 Å². The Morgan fingerprint density at radius 2 is 1.78 bits per heavy atom. The van der Waals surface area contributed by atoms with Crippen molar-refractivity contribution < 1.29 is 33.4 Å². The molecule has 0 aliphatic carbocycles. The number of benzene rings is 2. The summed E-state index contributed by atoms with van der Waals surface area (Å²) in [6.07, 6.45) is -2.25. The van der Waals surface area contributed by atoms with Gasteiger partial charge in [-0.3, -0.25) is 19.2 Å². The van der Waals surface area contributed by atoms with E-state index in [1.54, 1.807) is 41.3 Å². The number of nitrogens with one attached hydrogen (secondary N) is 1. The highest BCUT2D eigenvalue weighted by molar-refractivity contribution is 6.30. The lowest BCUT2D eigenvalue weighted by Gasteiger charge is -2.35. The molecule has 1 N–H and O–H groups in total. The lowest BCUT2D eigenvalue weighted by Crippen LogP contribution is -2.57. The van der Waals surface area contributed by atoms with E-state index in [1.165, 1.54) is 11.8 Å². The van der Waals surface area contributed by atoms with E-state index < -0.39 is 30.0 Å². The van der Waals surface area contributed by atoms with Crippen molar-refractivity contribution in [1.29, 1.82) is 0 Å². The van der Waals surface area contributed by atoms with Gasteiger partial charge in [-0.25, -0.2) is 0 Å². The normalized spacial score (nSPS) is 18.9. The maximum absolute atomic E-state index is 13.4. The summed E-state index contributed by atoms with van der Waals surface area (Å²) >= 11 is 5.91. The van der Waals surface area contributed by atoms with Crippen LogP contribution >= 0.6 is 11.6 Å². The number of rotatable bonds is 8. The summed E-state index contributed by atoms with van der Waals surface area (Å²) in [4.78, 5) is 53.6. The van der Waals surface area contributed by atoms with Gasteiger partial charge in [0, 0.05) is 43.0 Å². The Kier molecular flexibility index (Phi) is 8.75. The molecule has 2 saturated heterocycles. The Hall–Kier alpha value is -3.47. The maximum Gasteiger partial charge on any atom is 0.303 e. The van der Waals surface area contributed by atoms with E-state index in [1.807, 2.05) is 12.1 Å². The first-order chi connectivity index (χ1) is 17.8. The summed E-state index contributed by atoms with van der Waals surface area (Å²) < 4.78 is 16.1. The van der Waals surface area contributed by atoms with Gasteiger partial charge >= 0.3 is 5.97 Å². The minimum atomic E-state index is -1.46. The standard InChI is InChI=1S/C26H28ClN3O7/c1-17(31)37-23(25(33)28-10-9-18-5-7-19(27)8-6-18)24-26(34)30(12-14-36-24)21-4-2-3-20(15-21)29-11-13-35-16-22(29)32/h2-8,15,23-24H,9-14,16H2,1H3,(H,28,33). The molecular weight excluding hydrogens is 502 g/mol. The van der Waals surface area contributed by atoms with Crippen molar-refractivity contribution in [2.75, 3.05) is 49.3 Å². The van der Waals surface area contributed by atoms with E-state index in [9.17, 15) is 19.2 Å². The Bertz CT molecular complexity index is 1160. The molecule has 2 aliphatic heterocycles. The van der Waals surface area contributed by atoms with Crippen molar-refractivity contribution in [3.63, 3.8) is 0 Å². The molecule has 2 heterocycles. The van der Waals surface area contributed by atoms with Crippen LogP contribution in [0.5, 0.6) is 0 Å². The average molecular weight is 530 g/mol. The molecular formula is C26H28ClN3O7. The number of morpholine rings is 2. The second-order valence-electron chi connectivity index (χ2n) is 8.60. The summed E-state index contributed by atoms with van der Waals surface area (Å²) in [5.74, 6) is -2.02. The summed E-state index contributed by atoms with van der Waals surface area (Å²) in [6.45, 7) is 2.63. The lowest BCUT2D eigenvalue weighted by atomic mass is 10.1. The second kappa shape index (κ2) is 12.2. The molecule has 0 spiro atoms. The number of esters is 1. The van der Waals surface area contributed by atoms with Crippen LogP contribution < -0.4 is 15.1 Å². The predicted molar refractivity (Wildman–Crippen MR) is 135 cm³/mol. The molecule has 10 nitrogen and oxygen atoms in total. The second-order valence-corrected chi connectivity index (χ2v) is 9.03. The van der Waals surface area contributed by atoms with Gasteiger partial charge in [-0.2, -0.15) is 0 Å². The summed E-state index contributed by atoms with van der Waals surface area (Å²) in [7, 11) is 0. The van der Waals surface area contributed by atoms with Crippen LogP contribution in [0.4, 0.5) is 11.4 Å². The fourth-order valence-corrected chi connectivity index (χ4v) is 4.34. The molecule has 2 unspecified atom stereocenters. The van der Waals surface area contributed by atoms with Gasteiger partial charge in [0.05, 0.1) is 13.2 Å². The van der Waals surface area contributed by atoms with Gasteiger partial charge in [-0.05, 0) is 42.3 Å². The molecule has 0 aromatic heterocycles. The number of nitrogens with zero attached hydrogens (tertiary/aromatic N) is 2. The number of anilines is 2. The molecule has 0 bridgehead atoms. The summed E-state index contributed by atoms with van der Waals surface area (Å²) in [6, 6.07) is 14.2. The molecule has 2 aromatic carbocycles. The van der Waals surface area contributed by atoms with Gasteiger partial charge in [0.15, 0.2) is 6.10 Å². The number of carbonyl (C=O) groups is 4. The summed E-state index contributed by atoms with van der Waals surface area (Å²) in [5.41, 5.74) is 2.14. The van der Waals surface area contributed by atoms with E-state index in [4.69, 9.17) is 25.8 Å². The van der Waals surface area contributed by atoms with Crippen LogP contribution in [-0.2, 0) is 39.8 Å². The van der Waals surface area contributed by atoms with Crippen molar-refractivity contribution in [3.05, 3.63) is 59.1 Å². The molecule has 2 aliphatic rings. The third-order valence-corrected chi connectivity index (χ3v) is 6.27. The number of carbonyl (C=O) groups excluding carboxylic acids is 4. The number of hydrogen-bond acceptors (Lipinski definition) is 7. The first-order valence-corrected chi connectivity index (χ1v) is 12.3. The fourth-order valence-electron chi connectivity index (χ4n) is 4.21. The third kappa shape index (κ3) is 6.65. The minimum absolute atomic E-state index is 0.0000180. The van der Waals surface area contributed by atoms with Gasteiger partial charge in [-0.1, -0.05) is 29.8 Å². The molecule has 37 heavy (non-hydrogen) atoms. The van der Waals surface area contributed by atoms with Gasteiger partial charge in [0.2, 0.25) is 6.10 Å². The van der Waals surface area contributed by atoms with Crippen LogP contribution in [0.3, 0.4) is 0 Å². The van der Waals surface area contributed by atoms with Crippen LogP contribution in [0.2, 0.25) is 5.02 Å². The Labute approximate surface area is 219 Å².